The van der Waals surface area contributed by atoms with Crippen molar-refractivity contribution in [3.63, 3.8) is 0 Å². The van der Waals surface area contributed by atoms with Gasteiger partial charge in [-0.25, -0.2) is 0 Å². The Kier molecular flexibility index (Phi) is 7.37. The molecule has 8 heteroatoms. The third-order valence-corrected chi connectivity index (χ3v) is 6.29. The normalized spacial score (nSPS) is 14.3. The van der Waals surface area contributed by atoms with Gasteiger partial charge in [0.05, 0.1) is 13.7 Å². The van der Waals surface area contributed by atoms with Gasteiger partial charge in [0.15, 0.2) is 5.78 Å². The zero-order valence-electron chi connectivity index (χ0n) is 19.9. The molecule has 8 nitrogen and oxygen atoms in total. The SMILES string of the molecule is COc1ccc(-c2noc(CN3CCN(C(=O)CCC(=O)c4ccc(C)c(C)c4)CC3)n2)cc1. The predicted molar refractivity (Wildman–Crippen MR) is 128 cm³/mol. The second-order valence-electron chi connectivity index (χ2n) is 8.62. The highest BCUT2D eigenvalue weighted by Gasteiger charge is 2.23. The van der Waals surface area contributed by atoms with Crippen molar-refractivity contribution < 1.29 is 18.8 Å². The van der Waals surface area contributed by atoms with Gasteiger partial charge in [0.2, 0.25) is 17.6 Å². The van der Waals surface area contributed by atoms with E-state index >= 15 is 0 Å². The summed E-state index contributed by atoms with van der Waals surface area (Å²) < 4.78 is 10.6. The lowest BCUT2D eigenvalue weighted by molar-refractivity contribution is -0.133. The van der Waals surface area contributed by atoms with E-state index in [9.17, 15) is 9.59 Å². The molecule has 0 atom stereocenters. The second-order valence-corrected chi connectivity index (χ2v) is 8.62. The van der Waals surface area contributed by atoms with Crippen molar-refractivity contribution in [3.05, 3.63) is 65.0 Å². The number of ether oxygens (including phenoxy) is 1. The van der Waals surface area contributed by atoms with Crippen molar-refractivity contribution in [1.82, 2.24) is 19.9 Å². The molecule has 1 amide bonds. The average Bonchev–Trinajstić information content (AvgIpc) is 3.33. The van der Waals surface area contributed by atoms with Crippen molar-refractivity contribution in [2.75, 3.05) is 33.3 Å². The molecule has 0 saturated carbocycles. The molecule has 3 aromatic rings. The lowest BCUT2D eigenvalue weighted by Crippen LogP contribution is -2.48. The van der Waals surface area contributed by atoms with Gasteiger partial charge in [0, 0.05) is 50.1 Å². The van der Waals surface area contributed by atoms with Crippen LogP contribution in [-0.2, 0) is 11.3 Å². The van der Waals surface area contributed by atoms with Crippen LogP contribution in [-0.4, -0.2) is 64.9 Å². The number of rotatable bonds is 8. The number of carbonyl (C=O) groups excluding carboxylic acids is 2. The fourth-order valence-electron chi connectivity index (χ4n) is 3.96. The Hall–Kier alpha value is -3.52. The van der Waals surface area contributed by atoms with Gasteiger partial charge in [-0.05, 0) is 55.3 Å². The lowest BCUT2D eigenvalue weighted by atomic mass is 10.0. The average molecular weight is 463 g/mol. The number of carbonyl (C=O) groups is 2. The number of Topliss-reactive ketones (excluding diaryl/α,β-unsaturated/α-hetero) is 1. The molecule has 1 aliphatic rings. The number of aryl methyl sites for hydroxylation is 2. The van der Waals surface area contributed by atoms with E-state index in [1.165, 1.54) is 0 Å². The van der Waals surface area contributed by atoms with E-state index in [1.54, 1.807) is 7.11 Å². The predicted octanol–water partition coefficient (Wildman–Crippen LogP) is 3.67. The van der Waals surface area contributed by atoms with Crippen molar-refractivity contribution in [1.29, 1.82) is 0 Å². The van der Waals surface area contributed by atoms with E-state index in [0.29, 0.717) is 36.9 Å². The third-order valence-electron chi connectivity index (χ3n) is 6.29. The fourth-order valence-corrected chi connectivity index (χ4v) is 3.96. The van der Waals surface area contributed by atoms with Crippen LogP contribution in [0.2, 0.25) is 0 Å². The van der Waals surface area contributed by atoms with Crippen LogP contribution in [0.15, 0.2) is 47.0 Å². The Morgan fingerprint density at radius 2 is 1.71 bits per heavy atom. The summed E-state index contributed by atoms with van der Waals surface area (Å²) in [6, 6.07) is 13.2. The minimum absolute atomic E-state index is 0.0131. The highest BCUT2D eigenvalue weighted by atomic mass is 16.5. The number of nitrogens with zero attached hydrogens (tertiary/aromatic N) is 4. The molecule has 2 aromatic carbocycles. The molecule has 1 aromatic heterocycles. The Morgan fingerprint density at radius 3 is 2.38 bits per heavy atom. The van der Waals surface area contributed by atoms with Gasteiger partial charge in [0.1, 0.15) is 5.75 Å². The zero-order valence-corrected chi connectivity index (χ0v) is 19.9. The summed E-state index contributed by atoms with van der Waals surface area (Å²) in [5.41, 5.74) is 3.78. The summed E-state index contributed by atoms with van der Waals surface area (Å²) in [7, 11) is 1.63. The molecule has 0 unspecified atom stereocenters. The van der Waals surface area contributed by atoms with Crippen molar-refractivity contribution >= 4 is 11.7 Å². The van der Waals surface area contributed by atoms with Crippen LogP contribution in [0.3, 0.4) is 0 Å². The van der Waals surface area contributed by atoms with Crippen LogP contribution in [0.25, 0.3) is 11.4 Å². The van der Waals surface area contributed by atoms with Gasteiger partial charge in [0.25, 0.3) is 0 Å². The van der Waals surface area contributed by atoms with Gasteiger partial charge >= 0.3 is 0 Å². The molecular formula is C26H30N4O4. The number of hydrogen-bond acceptors (Lipinski definition) is 7. The van der Waals surface area contributed by atoms with E-state index in [1.807, 2.05) is 61.2 Å². The quantitative estimate of drug-likeness (QED) is 0.472. The number of aromatic nitrogens is 2. The molecule has 178 valence electrons. The van der Waals surface area contributed by atoms with Crippen LogP contribution in [0.1, 0.15) is 40.2 Å². The maximum Gasteiger partial charge on any atom is 0.241 e. The van der Waals surface area contributed by atoms with Crippen LogP contribution in [0.5, 0.6) is 5.75 Å². The highest BCUT2D eigenvalue weighted by molar-refractivity contribution is 5.98. The minimum Gasteiger partial charge on any atom is -0.497 e. The number of amides is 1. The molecular weight excluding hydrogens is 432 g/mol. The molecule has 0 spiro atoms. The Bertz CT molecular complexity index is 1150. The van der Waals surface area contributed by atoms with E-state index in [4.69, 9.17) is 9.26 Å². The van der Waals surface area contributed by atoms with Crippen LogP contribution in [0.4, 0.5) is 0 Å². The summed E-state index contributed by atoms with van der Waals surface area (Å²) in [6.07, 6.45) is 0.471. The van der Waals surface area contributed by atoms with E-state index in [0.717, 1.165) is 35.5 Å². The van der Waals surface area contributed by atoms with E-state index in [-0.39, 0.29) is 24.5 Å². The molecule has 1 aliphatic heterocycles. The molecule has 0 aliphatic carbocycles. The van der Waals surface area contributed by atoms with Gasteiger partial charge in [-0.3, -0.25) is 14.5 Å². The van der Waals surface area contributed by atoms with Gasteiger partial charge in [-0.15, -0.1) is 0 Å². The van der Waals surface area contributed by atoms with Crippen molar-refractivity contribution in [2.24, 2.45) is 0 Å². The maximum atomic E-state index is 12.6. The molecule has 4 rings (SSSR count). The van der Waals surface area contributed by atoms with Crippen molar-refractivity contribution in [2.45, 2.75) is 33.2 Å². The fraction of sp³-hybridized carbons (Fsp3) is 0.385. The summed E-state index contributed by atoms with van der Waals surface area (Å²) in [5, 5.41) is 4.08. The van der Waals surface area contributed by atoms with E-state index in [2.05, 4.69) is 15.0 Å². The number of benzene rings is 2. The largest absolute Gasteiger partial charge is 0.497 e. The number of piperazine rings is 1. The Balaban J connectivity index is 1.23. The Morgan fingerprint density at radius 1 is 0.971 bits per heavy atom. The molecule has 0 radical (unpaired) electrons. The topological polar surface area (TPSA) is 88.8 Å². The summed E-state index contributed by atoms with van der Waals surface area (Å²) in [6.45, 7) is 7.23. The number of methoxy groups -OCH3 is 1. The van der Waals surface area contributed by atoms with Gasteiger partial charge < -0.3 is 14.2 Å². The summed E-state index contributed by atoms with van der Waals surface area (Å²) in [5.74, 6) is 1.90. The first-order valence-corrected chi connectivity index (χ1v) is 11.5. The van der Waals surface area contributed by atoms with Gasteiger partial charge in [-0.2, -0.15) is 4.98 Å². The van der Waals surface area contributed by atoms with Crippen LogP contribution < -0.4 is 4.74 Å². The minimum atomic E-state index is 0.0131. The molecule has 1 fully saturated rings. The standard InChI is InChI=1S/C26H30N4O4/c1-18-4-5-21(16-19(18)2)23(31)10-11-25(32)30-14-12-29(13-15-30)17-24-27-26(28-34-24)20-6-8-22(33-3)9-7-20/h4-9,16H,10-15,17H2,1-3H3. The first-order valence-electron chi connectivity index (χ1n) is 11.5. The molecule has 0 N–H and O–H groups in total. The molecule has 1 saturated heterocycles. The van der Waals surface area contributed by atoms with Crippen LogP contribution in [0, 0.1) is 13.8 Å². The maximum absolute atomic E-state index is 12.6. The molecule has 0 bridgehead atoms. The lowest BCUT2D eigenvalue weighted by Gasteiger charge is -2.34. The van der Waals surface area contributed by atoms with E-state index < -0.39 is 0 Å². The van der Waals surface area contributed by atoms with Crippen molar-refractivity contribution in [3.8, 4) is 17.1 Å². The summed E-state index contributed by atoms with van der Waals surface area (Å²) >= 11 is 0. The third kappa shape index (κ3) is 5.69. The van der Waals surface area contributed by atoms with Gasteiger partial charge in [-0.1, -0.05) is 17.3 Å². The molecule has 34 heavy (non-hydrogen) atoms. The van der Waals surface area contributed by atoms with Crippen LogP contribution >= 0.6 is 0 Å². The number of ketones is 1. The number of hydrogen-bond donors (Lipinski definition) is 0. The Labute approximate surface area is 199 Å². The first kappa shape index (κ1) is 23.6. The zero-order chi connectivity index (χ0) is 24.1. The summed E-state index contributed by atoms with van der Waals surface area (Å²) in [4.78, 5) is 33.6. The monoisotopic (exact) mass is 462 g/mol. The highest BCUT2D eigenvalue weighted by Crippen LogP contribution is 2.20. The first-order chi connectivity index (χ1) is 16.4. The smallest absolute Gasteiger partial charge is 0.241 e. The molecule has 2 heterocycles. The second kappa shape index (κ2) is 10.6.